The molecule has 3 aromatic heterocycles. The number of hydrogen-bond donors (Lipinski definition) is 2. The molecule has 0 bridgehead atoms. The number of hydrogen-bond acceptors (Lipinski definition) is 5. The summed E-state index contributed by atoms with van der Waals surface area (Å²) in [5.41, 5.74) is 3.68. The van der Waals surface area contributed by atoms with Gasteiger partial charge in [0.05, 0.1) is 12.2 Å². The molecule has 0 aliphatic rings. The maximum atomic E-state index is 12.1. The Kier molecular flexibility index (Phi) is 5.35. The fourth-order valence-corrected chi connectivity index (χ4v) is 3.77. The van der Waals surface area contributed by atoms with E-state index in [-0.39, 0.29) is 6.54 Å². The predicted molar refractivity (Wildman–Crippen MR) is 112 cm³/mol. The highest BCUT2D eigenvalue weighted by Crippen LogP contribution is 2.21. The molecule has 0 unspecified atom stereocenters. The number of aromatic nitrogens is 3. The number of imidazole rings is 1. The van der Waals surface area contributed by atoms with Gasteiger partial charge < -0.3 is 9.72 Å². The molecule has 0 aliphatic heterocycles. The minimum absolute atomic E-state index is 0.171. The maximum absolute atomic E-state index is 12.1. The van der Waals surface area contributed by atoms with E-state index in [0.29, 0.717) is 10.8 Å². The van der Waals surface area contributed by atoms with Crippen LogP contribution in [-0.4, -0.2) is 26.2 Å². The van der Waals surface area contributed by atoms with Crippen LogP contribution in [0, 0.1) is 6.92 Å². The fraction of sp³-hybridized carbons (Fsp3) is 0.143. The van der Waals surface area contributed by atoms with Crippen molar-refractivity contribution in [3.63, 3.8) is 0 Å². The molecule has 0 atom stereocenters. The Balaban J connectivity index is 1.32. The van der Waals surface area contributed by atoms with Crippen molar-refractivity contribution < 1.29 is 9.59 Å². The van der Waals surface area contributed by atoms with Crippen LogP contribution in [0.1, 0.15) is 21.8 Å². The molecule has 29 heavy (non-hydrogen) atoms. The van der Waals surface area contributed by atoms with E-state index in [0.717, 1.165) is 28.2 Å². The molecule has 7 nitrogen and oxygen atoms in total. The summed E-state index contributed by atoms with van der Waals surface area (Å²) in [5, 5.41) is 5.55. The van der Waals surface area contributed by atoms with Crippen LogP contribution in [0.5, 0.6) is 0 Å². The van der Waals surface area contributed by atoms with E-state index >= 15 is 0 Å². The lowest BCUT2D eigenvalue weighted by Gasteiger charge is -2.02. The van der Waals surface area contributed by atoms with Crippen molar-refractivity contribution in [1.29, 1.82) is 0 Å². The standard InChI is InChI=1S/C21H19N5O2S/c1-14-6-5-9-18-24-16(13-26(14)18)11-22-19(27)20(28)25-21-23-12-17(29-21)10-15-7-3-2-4-8-15/h2-9,12-13H,10-11H2,1H3,(H,22,27)(H,23,25,28). The van der Waals surface area contributed by atoms with E-state index < -0.39 is 11.8 Å². The molecule has 146 valence electrons. The number of fused-ring (bicyclic) bond motifs is 1. The van der Waals surface area contributed by atoms with Crippen molar-refractivity contribution in [3.05, 3.63) is 82.8 Å². The summed E-state index contributed by atoms with van der Waals surface area (Å²) in [6.07, 6.45) is 4.29. The molecule has 4 aromatic rings. The van der Waals surface area contributed by atoms with Crippen LogP contribution in [0.4, 0.5) is 5.13 Å². The summed E-state index contributed by atoms with van der Waals surface area (Å²) in [4.78, 5) is 33.9. The van der Waals surface area contributed by atoms with Gasteiger partial charge in [-0.25, -0.2) is 9.97 Å². The lowest BCUT2D eigenvalue weighted by Crippen LogP contribution is -2.35. The molecule has 0 saturated carbocycles. The zero-order valence-corrected chi connectivity index (χ0v) is 16.6. The molecule has 4 rings (SSSR count). The number of rotatable bonds is 5. The fourth-order valence-electron chi connectivity index (χ4n) is 2.93. The Morgan fingerprint density at radius 2 is 1.90 bits per heavy atom. The molecule has 0 spiro atoms. The first kappa shape index (κ1) is 18.8. The molecule has 0 fully saturated rings. The summed E-state index contributed by atoms with van der Waals surface area (Å²) in [6.45, 7) is 2.15. The molecule has 2 N–H and O–H groups in total. The summed E-state index contributed by atoms with van der Waals surface area (Å²) in [6, 6.07) is 15.8. The van der Waals surface area contributed by atoms with Gasteiger partial charge in [0.2, 0.25) is 0 Å². The Bertz CT molecular complexity index is 1170. The third-order valence-corrected chi connectivity index (χ3v) is 5.29. The normalized spacial score (nSPS) is 10.8. The van der Waals surface area contributed by atoms with Gasteiger partial charge in [-0.2, -0.15) is 0 Å². The summed E-state index contributed by atoms with van der Waals surface area (Å²) >= 11 is 1.35. The molecule has 2 amide bonds. The molecule has 0 aliphatic carbocycles. The van der Waals surface area contributed by atoms with Crippen molar-refractivity contribution in [2.24, 2.45) is 0 Å². The second kappa shape index (κ2) is 8.24. The third kappa shape index (κ3) is 4.49. The maximum Gasteiger partial charge on any atom is 0.315 e. The highest BCUT2D eigenvalue weighted by atomic mass is 32.1. The monoisotopic (exact) mass is 405 g/mol. The van der Waals surface area contributed by atoms with Crippen LogP contribution in [0.2, 0.25) is 0 Å². The van der Waals surface area contributed by atoms with Crippen LogP contribution >= 0.6 is 11.3 Å². The number of pyridine rings is 1. The summed E-state index contributed by atoms with van der Waals surface area (Å²) in [7, 11) is 0. The van der Waals surface area contributed by atoms with Crippen molar-refractivity contribution >= 4 is 33.9 Å². The van der Waals surface area contributed by atoms with E-state index in [4.69, 9.17) is 0 Å². The average Bonchev–Trinajstić information content (AvgIpc) is 3.34. The van der Waals surface area contributed by atoms with Crippen LogP contribution in [0.15, 0.2) is 60.9 Å². The Hall–Kier alpha value is -3.52. The van der Waals surface area contributed by atoms with Crippen LogP contribution < -0.4 is 10.6 Å². The quantitative estimate of drug-likeness (QED) is 0.500. The highest BCUT2D eigenvalue weighted by Gasteiger charge is 2.16. The van der Waals surface area contributed by atoms with Crippen molar-refractivity contribution in [2.45, 2.75) is 19.9 Å². The van der Waals surface area contributed by atoms with Crippen molar-refractivity contribution in [1.82, 2.24) is 19.7 Å². The van der Waals surface area contributed by atoms with E-state index in [2.05, 4.69) is 20.6 Å². The zero-order chi connectivity index (χ0) is 20.2. The minimum Gasteiger partial charge on any atom is -0.342 e. The number of anilines is 1. The topological polar surface area (TPSA) is 88.4 Å². The zero-order valence-electron chi connectivity index (χ0n) is 15.8. The van der Waals surface area contributed by atoms with Crippen LogP contribution in [0.25, 0.3) is 5.65 Å². The predicted octanol–water partition coefficient (Wildman–Crippen LogP) is 2.94. The number of thiazole rings is 1. The third-order valence-electron chi connectivity index (χ3n) is 4.38. The molecule has 0 saturated heterocycles. The van der Waals surface area contributed by atoms with Gasteiger partial charge in [0.15, 0.2) is 5.13 Å². The Morgan fingerprint density at radius 1 is 1.07 bits per heavy atom. The molecule has 8 heteroatoms. The van der Waals surface area contributed by atoms with Gasteiger partial charge in [-0.15, -0.1) is 11.3 Å². The number of amides is 2. The number of nitrogens with one attached hydrogen (secondary N) is 2. The lowest BCUT2D eigenvalue weighted by atomic mass is 10.1. The van der Waals surface area contributed by atoms with Gasteiger partial charge in [-0.3, -0.25) is 14.9 Å². The van der Waals surface area contributed by atoms with E-state index in [9.17, 15) is 9.59 Å². The van der Waals surface area contributed by atoms with Gasteiger partial charge in [0, 0.05) is 29.4 Å². The van der Waals surface area contributed by atoms with Gasteiger partial charge >= 0.3 is 11.8 Å². The summed E-state index contributed by atoms with van der Waals surface area (Å²) in [5.74, 6) is -1.47. The Labute approximate surface area is 171 Å². The van der Waals surface area contributed by atoms with Crippen LogP contribution in [0.3, 0.4) is 0 Å². The molecular formula is C21H19N5O2S. The lowest BCUT2D eigenvalue weighted by molar-refractivity contribution is -0.136. The van der Waals surface area contributed by atoms with E-state index in [1.165, 1.54) is 11.3 Å². The smallest absolute Gasteiger partial charge is 0.315 e. The molecule has 1 aromatic carbocycles. The first-order valence-corrected chi connectivity index (χ1v) is 9.91. The average molecular weight is 405 g/mol. The second-order valence-electron chi connectivity index (χ2n) is 6.56. The van der Waals surface area contributed by atoms with Gasteiger partial charge in [-0.05, 0) is 24.6 Å². The molecule has 3 heterocycles. The van der Waals surface area contributed by atoms with Crippen LogP contribution in [-0.2, 0) is 22.6 Å². The molecule has 0 radical (unpaired) electrons. The number of carbonyl (C=O) groups excluding carboxylic acids is 2. The number of carbonyl (C=O) groups is 2. The van der Waals surface area contributed by atoms with Crippen molar-refractivity contribution in [3.8, 4) is 0 Å². The highest BCUT2D eigenvalue weighted by molar-refractivity contribution is 7.15. The first-order chi connectivity index (χ1) is 14.1. The minimum atomic E-state index is -0.745. The van der Waals surface area contributed by atoms with Gasteiger partial charge in [0.25, 0.3) is 0 Å². The number of nitrogens with zero attached hydrogens (tertiary/aromatic N) is 3. The summed E-state index contributed by atoms with van der Waals surface area (Å²) < 4.78 is 1.94. The number of aryl methyl sites for hydroxylation is 1. The molecular weight excluding hydrogens is 386 g/mol. The first-order valence-electron chi connectivity index (χ1n) is 9.10. The van der Waals surface area contributed by atoms with Gasteiger partial charge in [0.1, 0.15) is 5.65 Å². The van der Waals surface area contributed by atoms with E-state index in [1.807, 2.05) is 66.1 Å². The second-order valence-corrected chi connectivity index (χ2v) is 7.67. The van der Waals surface area contributed by atoms with Gasteiger partial charge in [-0.1, -0.05) is 36.4 Å². The SMILES string of the molecule is Cc1cccc2nc(CNC(=O)C(=O)Nc3ncc(Cc4ccccc4)s3)cn12. The Morgan fingerprint density at radius 3 is 2.69 bits per heavy atom. The van der Waals surface area contributed by atoms with Crippen molar-refractivity contribution in [2.75, 3.05) is 5.32 Å². The van der Waals surface area contributed by atoms with E-state index in [1.54, 1.807) is 6.20 Å². The largest absolute Gasteiger partial charge is 0.342 e. The number of benzene rings is 1.